The molecule has 0 unspecified atom stereocenters. The van der Waals surface area contributed by atoms with Crippen molar-refractivity contribution in [3.8, 4) is 11.1 Å². The van der Waals surface area contributed by atoms with Gasteiger partial charge in [0.15, 0.2) is 5.82 Å². The molecule has 0 amide bonds. The minimum atomic E-state index is -2.61. The molecule has 0 saturated heterocycles. The van der Waals surface area contributed by atoms with E-state index in [0.29, 0.717) is 22.5 Å². The van der Waals surface area contributed by atoms with Gasteiger partial charge in [-0.2, -0.15) is 0 Å². The molecule has 0 atom stereocenters. The number of hydrogen-bond acceptors (Lipinski definition) is 4. The van der Waals surface area contributed by atoms with E-state index in [-0.39, 0.29) is 30.7 Å². The van der Waals surface area contributed by atoms with E-state index in [1.165, 1.54) is 6.07 Å². The number of imidazole rings is 1. The zero-order chi connectivity index (χ0) is 21.2. The molecule has 0 radical (unpaired) electrons. The largest absolute Gasteiger partial charge is 0.350 e. The lowest BCUT2D eigenvalue weighted by atomic mass is 9.88. The van der Waals surface area contributed by atoms with Gasteiger partial charge in [0.25, 0.3) is 5.92 Å². The van der Waals surface area contributed by atoms with Gasteiger partial charge >= 0.3 is 0 Å². The van der Waals surface area contributed by atoms with Crippen LogP contribution >= 0.6 is 0 Å². The second-order valence-electron chi connectivity index (χ2n) is 8.20. The molecule has 1 N–H and O–H groups in total. The number of alkyl halides is 2. The van der Waals surface area contributed by atoms with E-state index in [2.05, 4.69) is 20.4 Å². The minimum Gasteiger partial charge on any atom is -0.350 e. The third-order valence-electron chi connectivity index (χ3n) is 5.59. The third-order valence-corrected chi connectivity index (χ3v) is 5.59. The Bertz CT molecular complexity index is 1260. The Balaban J connectivity index is 1.53. The summed E-state index contributed by atoms with van der Waals surface area (Å²) in [6.45, 7) is 5.94. The minimum absolute atomic E-state index is 0.145. The Morgan fingerprint density at radius 2 is 1.97 bits per heavy atom. The van der Waals surface area contributed by atoms with Gasteiger partial charge in [-0.05, 0) is 44.5 Å². The molecule has 6 nitrogen and oxygen atoms in total. The number of nitrogens with one attached hydrogen (secondary N) is 1. The number of halogens is 3. The van der Waals surface area contributed by atoms with E-state index in [0.717, 1.165) is 16.9 Å². The molecule has 3 heterocycles. The van der Waals surface area contributed by atoms with Crippen LogP contribution in [0.25, 0.3) is 27.7 Å². The standard InChI is InChI=1S/C21H21F3N6/c1-11(2)30-12(3)26-19-16(22)6-13(7-17(19)30)15-4-5-29-18(15)10-25-20(28-29)27-14-8-21(23,24)9-14/h4-7,10-11,14H,8-9H2,1-3H3,(H,27,28). The van der Waals surface area contributed by atoms with Crippen molar-refractivity contribution in [2.75, 3.05) is 5.32 Å². The molecule has 0 bridgehead atoms. The van der Waals surface area contributed by atoms with Crippen molar-refractivity contribution in [2.24, 2.45) is 0 Å². The maximum atomic E-state index is 14.8. The summed E-state index contributed by atoms with van der Waals surface area (Å²) in [6.07, 6.45) is 2.94. The van der Waals surface area contributed by atoms with Gasteiger partial charge in [0, 0.05) is 36.7 Å². The molecule has 0 spiro atoms. The van der Waals surface area contributed by atoms with E-state index in [1.54, 1.807) is 16.9 Å². The summed E-state index contributed by atoms with van der Waals surface area (Å²) in [7, 11) is 0. The maximum absolute atomic E-state index is 14.8. The van der Waals surface area contributed by atoms with Crippen molar-refractivity contribution in [3.63, 3.8) is 0 Å². The van der Waals surface area contributed by atoms with Crippen LogP contribution in [-0.4, -0.2) is 36.1 Å². The molecule has 1 aliphatic carbocycles. The molecule has 3 aromatic heterocycles. The normalized spacial score (nSPS) is 16.5. The topological polar surface area (TPSA) is 60.0 Å². The molecule has 4 aromatic rings. The molecule has 156 valence electrons. The van der Waals surface area contributed by atoms with Crippen LogP contribution in [0.3, 0.4) is 0 Å². The SMILES string of the molecule is Cc1nc2c(F)cc(-c3ccn4nc(NC5CC(F)(F)C5)ncc34)cc2n1C(C)C. The van der Waals surface area contributed by atoms with Gasteiger partial charge < -0.3 is 9.88 Å². The van der Waals surface area contributed by atoms with E-state index in [1.807, 2.05) is 37.5 Å². The Labute approximate surface area is 170 Å². The van der Waals surface area contributed by atoms with Crippen LogP contribution in [0.5, 0.6) is 0 Å². The lowest BCUT2D eigenvalue weighted by Gasteiger charge is -2.35. The fourth-order valence-corrected chi connectivity index (χ4v) is 4.23. The summed E-state index contributed by atoms with van der Waals surface area (Å²) in [6, 6.07) is 5.05. The molecule has 1 saturated carbocycles. The quantitative estimate of drug-likeness (QED) is 0.511. The van der Waals surface area contributed by atoms with Gasteiger partial charge in [-0.1, -0.05) is 0 Å². The molecule has 1 fully saturated rings. The Kier molecular flexibility index (Phi) is 4.06. The van der Waals surface area contributed by atoms with Crippen LogP contribution in [0.15, 0.2) is 30.6 Å². The molecule has 1 aliphatic rings. The van der Waals surface area contributed by atoms with E-state index < -0.39 is 5.92 Å². The number of hydrogen-bond donors (Lipinski definition) is 1. The van der Waals surface area contributed by atoms with Crippen molar-refractivity contribution in [1.29, 1.82) is 0 Å². The predicted molar refractivity (Wildman–Crippen MR) is 108 cm³/mol. The highest BCUT2D eigenvalue weighted by Crippen LogP contribution is 2.38. The average molecular weight is 414 g/mol. The molecule has 1 aromatic carbocycles. The fraction of sp³-hybridized carbons (Fsp3) is 0.381. The summed E-state index contributed by atoms with van der Waals surface area (Å²) in [5.74, 6) is -1.93. The van der Waals surface area contributed by atoms with Crippen LogP contribution in [0.2, 0.25) is 0 Å². The summed E-state index contributed by atoms with van der Waals surface area (Å²) in [5, 5.41) is 7.30. The number of nitrogens with zero attached hydrogens (tertiary/aromatic N) is 5. The van der Waals surface area contributed by atoms with Crippen molar-refractivity contribution < 1.29 is 13.2 Å². The predicted octanol–water partition coefficient (Wildman–Crippen LogP) is 4.98. The van der Waals surface area contributed by atoms with Crippen LogP contribution in [-0.2, 0) is 0 Å². The van der Waals surface area contributed by atoms with Crippen LogP contribution in [0.4, 0.5) is 19.1 Å². The first-order chi connectivity index (χ1) is 14.2. The number of rotatable bonds is 4. The monoisotopic (exact) mass is 414 g/mol. The Hall–Kier alpha value is -3.10. The number of anilines is 1. The van der Waals surface area contributed by atoms with E-state index >= 15 is 0 Å². The Morgan fingerprint density at radius 3 is 2.67 bits per heavy atom. The van der Waals surface area contributed by atoms with Gasteiger partial charge in [-0.25, -0.2) is 27.7 Å². The van der Waals surface area contributed by atoms with Crippen molar-refractivity contribution in [3.05, 3.63) is 42.2 Å². The van der Waals surface area contributed by atoms with Crippen molar-refractivity contribution in [2.45, 2.75) is 51.6 Å². The van der Waals surface area contributed by atoms with Crippen molar-refractivity contribution >= 4 is 22.5 Å². The highest BCUT2D eigenvalue weighted by atomic mass is 19.3. The highest BCUT2D eigenvalue weighted by molar-refractivity contribution is 5.88. The van der Waals surface area contributed by atoms with E-state index in [4.69, 9.17) is 0 Å². The number of fused-ring (bicyclic) bond motifs is 2. The fourth-order valence-electron chi connectivity index (χ4n) is 4.23. The van der Waals surface area contributed by atoms with Gasteiger partial charge in [0.2, 0.25) is 5.95 Å². The number of aromatic nitrogens is 5. The molecular weight excluding hydrogens is 393 g/mol. The van der Waals surface area contributed by atoms with Crippen LogP contribution in [0, 0.1) is 12.7 Å². The molecule has 9 heteroatoms. The second kappa shape index (κ2) is 6.45. The number of aryl methyl sites for hydroxylation is 1. The van der Waals surface area contributed by atoms with Crippen LogP contribution < -0.4 is 5.32 Å². The molecule has 30 heavy (non-hydrogen) atoms. The summed E-state index contributed by atoms with van der Waals surface area (Å²) < 4.78 is 44.5. The second-order valence-corrected chi connectivity index (χ2v) is 8.20. The first-order valence-electron chi connectivity index (χ1n) is 9.89. The maximum Gasteiger partial charge on any atom is 0.252 e. The summed E-state index contributed by atoms with van der Waals surface area (Å²) >= 11 is 0. The van der Waals surface area contributed by atoms with Gasteiger partial charge in [0.05, 0.1) is 17.2 Å². The first kappa shape index (κ1) is 18.9. The summed E-state index contributed by atoms with van der Waals surface area (Å²) in [4.78, 5) is 8.65. The van der Waals surface area contributed by atoms with Crippen LogP contribution in [0.1, 0.15) is 38.6 Å². The Morgan fingerprint density at radius 1 is 1.20 bits per heavy atom. The lowest BCUT2D eigenvalue weighted by molar-refractivity contribution is -0.0794. The van der Waals surface area contributed by atoms with E-state index in [9.17, 15) is 13.2 Å². The molecular formula is C21H21F3N6. The average Bonchev–Trinajstić information content (AvgIpc) is 3.20. The zero-order valence-electron chi connectivity index (χ0n) is 16.8. The van der Waals surface area contributed by atoms with Crippen molar-refractivity contribution in [1.82, 2.24) is 24.1 Å². The smallest absolute Gasteiger partial charge is 0.252 e. The number of benzene rings is 1. The van der Waals surface area contributed by atoms with Gasteiger partial charge in [0.1, 0.15) is 11.3 Å². The zero-order valence-corrected chi connectivity index (χ0v) is 16.8. The summed E-state index contributed by atoms with van der Waals surface area (Å²) in [5.41, 5.74) is 3.28. The third kappa shape index (κ3) is 3.00. The van der Waals surface area contributed by atoms with Gasteiger partial charge in [-0.15, -0.1) is 5.10 Å². The molecule has 0 aliphatic heterocycles. The lowest BCUT2D eigenvalue weighted by Crippen LogP contribution is -2.44. The molecule has 5 rings (SSSR count). The first-order valence-corrected chi connectivity index (χ1v) is 9.89. The van der Waals surface area contributed by atoms with Gasteiger partial charge in [-0.3, -0.25) is 0 Å². The highest BCUT2D eigenvalue weighted by Gasteiger charge is 2.45.